The monoisotopic (exact) mass is 512 g/mol. The zero-order chi connectivity index (χ0) is 25.3. The molecule has 0 amide bonds. The maximum Gasteiger partial charge on any atom is 0.310 e. The summed E-state index contributed by atoms with van der Waals surface area (Å²) in [6, 6.07) is 2.01. The summed E-state index contributed by atoms with van der Waals surface area (Å²) in [4.78, 5) is 12.1. The van der Waals surface area contributed by atoms with E-state index < -0.39 is 0 Å². The fraction of sp³-hybridized carbons (Fsp3) is 0.848. The van der Waals surface area contributed by atoms with Crippen LogP contribution in [0.2, 0.25) is 0 Å². The highest BCUT2D eigenvalue weighted by Crippen LogP contribution is 2.68. The second-order valence-corrected chi connectivity index (χ2v) is 14.9. The highest BCUT2D eigenvalue weighted by atomic mass is 32.1. The summed E-state index contributed by atoms with van der Waals surface area (Å²) in [7, 11) is 0. The van der Waals surface area contributed by atoms with Gasteiger partial charge in [-0.05, 0) is 132 Å². The van der Waals surface area contributed by atoms with Crippen molar-refractivity contribution in [3.05, 3.63) is 22.4 Å². The first-order valence-electron chi connectivity index (χ1n) is 15.5. The average Bonchev–Trinajstić information content (AvgIpc) is 3.49. The molecule has 4 aliphatic rings. The van der Waals surface area contributed by atoms with E-state index in [2.05, 4.69) is 27.7 Å². The molecule has 1 heterocycles. The summed E-state index contributed by atoms with van der Waals surface area (Å²) in [6.45, 7) is 10.8. The van der Waals surface area contributed by atoms with Crippen LogP contribution in [-0.4, -0.2) is 12.6 Å². The first kappa shape index (κ1) is 26.8. The van der Waals surface area contributed by atoms with Gasteiger partial charge in [-0.1, -0.05) is 53.4 Å². The molecule has 4 fully saturated rings. The summed E-state index contributed by atoms with van der Waals surface area (Å²) >= 11 is 1.64. The van der Waals surface area contributed by atoms with E-state index in [-0.39, 0.29) is 5.97 Å². The van der Waals surface area contributed by atoms with Gasteiger partial charge in [-0.2, -0.15) is 11.3 Å². The largest absolute Gasteiger partial charge is 0.465 e. The van der Waals surface area contributed by atoms with Crippen LogP contribution in [0.15, 0.2) is 16.8 Å². The van der Waals surface area contributed by atoms with Gasteiger partial charge in [0, 0.05) is 0 Å². The molecule has 202 valence electrons. The Balaban J connectivity index is 1.09. The van der Waals surface area contributed by atoms with Gasteiger partial charge >= 0.3 is 5.97 Å². The minimum atomic E-state index is -0.0785. The Bertz CT molecular complexity index is 863. The minimum Gasteiger partial charge on any atom is -0.465 e. The molecule has 3 heteroatoms. The van der Waals surface area contributed by atoms with Crippen LogP contribution in [0.1, 0.15) is 117 Å². The SMILES string of the molecule is CC(CCC[C@@H](C)[C@H]1CC[C@H]2[C@@H]3CCC4CCCC[C@]4(C)[C@H]3CC[C@]12C)COC(=O)Cc1ccsc1. The number of rotatable bonds is 9. The molecule has 0 spiro atoms. The summed E-state index contributed by atoms with van der Waals surface area (Å²) in [5, 5.41) is 4.06. The number of hydrogen-bond acceptors (Lipinski definition) is 3. The standard InChI is InChI=1S/C33H52O2S/c1-23(21-35-31(34)20-25-16-19-36-22-25)8-7-9-24(2)28-13-14-29-27-12-11-26-10-5-6-17-32(26,3)30(27)15-18-33(28,29)4/h16,19,22-24,26-30H,5-15,17-18,20-21H2,1-4H3/t23?,24-,26?,27+,28-,29+,30+,32+,33-/m1/s1. The molecule has 4 saturated carbocycles. The Morgan fingerprint density at radius 1 is 1.00 bits per heavy atom. The fourth-order valence-electron chi connectivity index (χ4n) is 10.2. The van der Waals surface area contributed by atoms with Crippen molar-refractivity contribution in [2.45, 2.75) is 118 Å². The van der Waals surface area contributed by atoms with Crippen LogP contribution in [0.4, 0.5) is 0 Å². The topological polar surface area (TPSA) is 26.3 Å². The number of carbonyl (C=O) groups excluding carboxylic acids is 1. The van der Waals surface area contributed by atoms with Gasteiger partial charge in [0.05, 0.1) is 13.0 Å². The molecule has 1 aromatic rings. The first-order valence-corrected chi connectivity index (χ1v) is 16.4. The van der Waals surface area contributed by atoms with Crippen LogP contribution in [0, 0.1) is 52.3 Å². The van der Waals surface area contributed by atoms with Gasteiger partial charge in [0.2, 0.25) is 0 Å². The first-order chi connectivity index (χ1) is 17.3. The average molecular weight is 513 g/mol. The van der Waals surface area contributed by atoms with Gasteiger partial charge in [0.15, 0.2) is 0 Å². The highest BCUT2D eigenvalue weighted by Gasteiger charge is 2.60. The normalized spacial score (nSPS) is 39.5. The molecule has 0 aromatic carbocycles. The second kappa shape index (κ2) is 11.1. The van der Waals surface area contributed by atoms with Crippen molar-refractivity contribution in [1.29, 1.82) is 0 Å². The molecule has 0 radical (unpaired) electrons. The van der Waals surface area contributed by atoms with E-state index in [1.807, 2.05) is 16.8 Å². The molecule has 9 atom stereocenters. The Hall–Kier alpha value is -0.830. The highest BCUT2D eigenvalue weighted by molar-refractivity contribution is 7.08. The molecule has 5 rings (SSSR count). The molecule has 0 bridgehead atoms. The molecule has 2 nitrogen and oxygen atoms in total. The fourth-order valence-corrected chi connectivity index (χ4v) is 10.9. The Morgan fingerprint density at radius 2 is 1.83 bits per heavy atom. The van der Waals surface area contributed by atoms with Gasteiger partial charge in [0.1, 0.15) is 0 Å². The Kier molecular flexibility index (Phi) is 8.26. The van der Waals surface area contributed by atoms with E-state index in [4.69, 9.17) is 4.74 Å². The van der Waals surface area contributed by atoms with Crippen molar-refractivity contribution in [3.8, 4) is 0 Å². The lowest BCUT2D eigenvalue weighted by molar-refractivity contribution is -0.144. The lowest BCUT2D eigenvalue weighted by atomic mass is 9.44. The maximum atomic E-state index is 12.1. The lowest BCUT2D eigenvalue weighted by Crippen LogP contribution is -2.53. The summed E-state index contributed by atoms with van der Waals surface area (Å²) in [5.41, 5.74) is 2.32. The van der Waals surface area contributed by atoms with Gasteiger partial charge in [-0.15, -0.1) is 0 Å². The third-order valence-corrected chi connectivity index (χ3v) is 12.9. The minimum absolute atomic E-state index is 0.0785. The molecular formula is C33H52O2S. The van der Waals surface area contributed by atoms with Crippen LogP contribution in [0.3, 0.4) is 0 Å². The van der Waals surface area contributed by atoms with E-state index in [0.717, 1.165) is 41.1 Å². The van der Waals surface area contributed by atoms with E-state index in [9.17, 15) is 4.79 Å². The molecular weight excluding hydrogens is 460 g/mol. The van der Waals surface area contributed by atoms with Gasteiger partial charge in [-0.3, -0.25) is 4.79 Å². The van der Waals surface area contributed by atoms with Crippen molar-refractivity contribution in [1.82, 2.24) is 0 Å². The van der Waals surface area contributed by atoms with E-state index in [1.54, 1.807) is 11.3 Å². The molecule has 0 saturated heterocycles. The van der Waals surface area contributed by atoms with E-state index >= 15 is 0 Å². The second-order valence-electron chi connectivity index (χ2n) is 14.1. The number of thiophene rings is 1. The van der Waals surface area contributed by atoms with E-state index in [0.29, 0.717) is 29.8 Å². The zero-order valence-corrected chi connectivity index (χ0v) is 24.4. The maximum absolute atomic E-state index is 12.1. The number of hydrogen-bond donors (Lipinski definition) is 0. The Labute approximate surface area is 225 Å². The van der Waals surface area contributed by atoms with Crippen molar-refractivity contribution < 1.29 is 9.53 Å². The third-order valence-electron chi connectivity index (χ3n) is 12.2. The van der Waals surface area contributed by atoms with Gasteiger partial charge in [-0.25, -0.2) is 0 Å². The van der Waals surface area contributed by atoms with Crippen LogP contribution >= 0.6 is 11.3 Å². The van der Waals surface area contributed by atoms with Gasteiger partial charge in [0.25, 0.3) is 0 Å². The molecule has 36 heavy (non-hydrogen) atoms. The van der Waals surface area contributed by atoms with Crippen molar-refractivity contribution in [2.24, 2.45) is 52.3 Å². The van der Waals surface area contributed by atoms with Crippen LogP contribution in [0.25, 0.3) is 0 Å². The summed E-state index contributed by atoms with van der Waals surface area (Å²) in [6.07, 6.45) is 19.3. The van der Waals surface area contributed by atoms with Crippen molar-refractivity contribution in [3.63, 3.8) is 0 Å². The van der Waals surface area contributed by atoms with Crippen LogP contribution in [0.5, 0.6) is 0 Å². The predicted octanol–water partition coefficient (Wildman–Crippen LogP) is 9.33. The summed E-state index contributed by atoms with van der Waals surface area (Å²) < 4.78 is 5.58. The molecule has 2 unspecified atom stereocenters. The number of esters is 1. The van der Waals surface area contributed by atoms with Gasteiger partial charge < -0.3 is 4.74 Å². The van der Waals surface area contributed by atoms with Crippen molar-refractivity contribution >= 4 is 17.3 Å². The lowest BCUT2D eigenvalue weighted by Gasteiger charge is -2.61. The van der Waals surface area contributed by atoms with E-state index in [1.165, 1.54) is 83.5 Å². The van der Waals surface area contributed by atoms with Crippen LogP contribution < -0.4 is 0 Å². The zero-order valence-electron chi connectivity index (χ0n) is 23.6. The molecule has 1 aromatic heterocycles. The number of ether oxygens (including phenoxy) is 1. The third kappa shape index (κ3) is 5.21. The Morgan fingerprint density at radius 3 is 2.64 bits per heavy atom. The molecule has 4 aliphatic carbocycles. The smallest absolute Gasteiger partial charge is 0.310 e. The quantitative estimate of drug-likeness (QED) is 0.308. The van der Waals surface area contributed by atoms with Crippen LogP contribution in [-0.2, 0) is 16.0 Å². The molecule has 0 aliphatic heterocycles. The molecule has 0 N–H and O–H groups in total. The number of carbonyl (C=O) groups is 1. The summed E-state index contributed by atoms with van der Waals surface area (Å²) in [5.74, 6) is 6.18. The number of fused-ring (bicyclic) bond motifs is 5. The van der Waals surface area contributed by atoms with Crippen molar-refractivity contribution in [2.75, 3.05) is 6.61 Å². The predicted molar refractivity (Wildman–Crippen MR) is 151 cm³/mol.